The van der Waals surface area contributed by atoms with Crippen molar-refractivity contribution in [2.24, 2.45) is 5.92 Å². The Morgan fingerprint density at radius 1 is 1.16 bits per heavy atom. The van der Waals surface area contributed by atoms with Crippen LogP contribution in [0.5, 0.6) is 0 Å². The summed E-state index contributed by atoms with van der Waals surface area (Å²) in [6.07, 6.45) is 8.26. The van der Waals surface area contributed by atoms with Crippen LogP contribution in [0.3, 0.4) is 0 Å². The largest absolute Gasteiger partial charge is 0.376 e. The number of hydrogen-bond acceptors (Lipinski definition) is 4. The van der Waals surface area contributed by atoms with Crippen molar-refractivity contribution in [3.63, 3.8) is 0 Å². The molecule has 1 aromatic rings. The van der Waals surface area contributed by atoms with Crippen molar-refractivity contribution in [1.82, 2.24) is 9.62 Å². The molecule has 1 N–H and O–H groups in total. The summed E-state index contributed by atoms with van der Waals surface area (Å²) < 4.78 is 46.3. The van der Waals surface area contributed by atoms with Gasteiger partial charge in [0.15, 0.2) is 0 Å². The second-order valence-corrected chi connectivity index (χ2v) is 11.2. The zero-order chi connectivity index (χ0) is 22.0. The number of nitrogens with zero attached hydrogens (tertiary/aromatic N) is 1. The molecule has 0 unspecified atom stereocenters. The molecule has 1 amide bonds. The fourth-order valence-electron chi connectivity index (χ4n) is 5.07. The van der Waals surface area contributed by atoms with Crippen LogP contribution < -0.4 is 4.72 Å². The van der Waals surface area contributed by atoms with Crippen LogP contribution in [0.4, 0.5) is 4.39 Å². The highest BCUT2D eigenvalue weighted by Crippen LogP contribution is 2.36. The van der Waals surface area contributed by atoms with Crippen LogP contribution in [0.15, 0.2) is 24.3 Å². The summed E-state index contributed by atoms with van der Waals surface area (Å²) in [4.78, 5) is 14.7. The molecule has 2 saturated carbocycles. The Labute approximate surface area is 184 Å². The van der Waals surface area contributed by atoms with Crippen molar-refractivity contribution in [1.29, 1.82) is 0 Å². The summed E-state index contributed by atoms with van der Waals surface area (Å²) in [6, 6.07) is 6.26. The molecule has 1 aromatic carbocycles. The Morgan fingerprint density at radius 2 is 1.90 bits per heavy atom. The normalized spacial score (nSPS) is 29.7. The van der Waals surface area contributed by atoms with Crippen molar-refractivity contribution < 1.29 is 22.3 Å². The molecule has 1 heterocycles. The Balaban J connectivity index is 1.36. The van der Waals surface area contributed by atoms with Crippen LogP contribution in [-0.4, -0.2) is 56.8 Å². The number of amides is 1. The van der Waals surface area contributed by atoms with Gasteiger partial charge in [0.05, 0.1) is 25.0 Å². The molecule has 172 valence electrons. The molecule has 0 bridgehead atoms. The van der Waals surface area contributed by atoms with Gasteiger partial charge in [0.1, 0.15) is 5.82 Å². The lowest BCUT2D eigenvalue weighted by Crippen LogP contribution is -2.59. The average molecular weight is 453 g/mol. The molecule has 3 fully saturated rings. The molecule has 8 heteroatoms. The summed E-state index contributed by atoms with van der Waals surface area (Å²) in [7, 11) is -3.37. The monoisotopic (exact) mass is 452 g/mol. The number of carbonyl (C=O) groups is 1. The van der Waals surface area contributed by atoms with Gasteiger partial charge in [0, 0.05) is 18.5 Å². The van der Waals surface area contributed by atoms with E-state index in [4.69, 9.17) is 4.74 Å². The van der Waals surface area contributed by atoms with Gasteiger partial charge in [0.25, 0.3) is 0 Å². The number of halogens is 1. The number of benzene rings is 1. The zero-order valence-corrected chi connectivity index (χ0v) is 19.0. The second kappa shape index (κ2) is 9.55. The highest BCUT2D eigenvalue weighted by atomic mass is 32.2. The Bertz CT molecular complexity index is 881. The van der Waals surface area contributed by atoms with Crippen molar-refractivity contribution in [3.05, 3.63) is 35.6 Å². The topological polar surface area (TPSA) is 75.7 Å². The van der Waals surface area contributed by atoms with E-state index in [0.29, 0.717) is 25.5 Å². The highest BCUT2D eigenvalue weighted by Gasteiger charge is 2.41. The molecule has 2 atom stereocenters. The number of hydrogen-bond donors (Lipinski definition) is 1. The van der Waals surface area contributed by atoms with E-state index in [9.17, 15) is 17.6 Å². The number of rotatable bonds is 7. The van der Waals surface area contributed by atoms with Crippen molar-refractivity contribution >= 4 is 15.9 Å². The number of ether oxygens (including phenoxy) is 1. The standard InChI is InChI=1S/C23H33FN2O4S/c1-31(28,29)25-21-6-3-13-26(23(27)17-7-8-17)22(21)15-30-20-11-9-16(10-12-20)18-4-2-5-19(24)14-18/h2,4-5,14,16-17,20-22,25H,3,6-13,15H2,1H3/t16?,20?,21-,22-/m0/s1. The smallest absolute Gasteiger partial charge is 0.226 e. The van der Waals surface area contributed by atoms with E-state index in [1.54, 1.807) is 12.1 Å². The number of likely N-dealkylation sites (tertiary alicyclic amines) is 1. The Kier molecular flexibility index (Phi) is 6.98. The van der Waals surface area contributed by atoms with E-state index in [1.807, 2.05) is 11.0 Å². The minimum Gasteiger partial charge on any atom is -0.376 e. The van der Waals surface area contributed by atoms with Crippen LogP contribution >= 0.6 is 0 Å². The highest BCUT2D eigenvalue weighted by molar-refractivity contribution is 7.88. The van der Waals surface area contributed by atoms with E-state index in [2.05, 4.69) is 4.72 Å². The molecular formula is C23H33FN2O4S. The Hall–Kier alpha value is -1.51. The van der Waals surface area contributed by atoms with Gasteiger partial charge in [-0.15, -0.1) is 0 Å². The first-order chi connectivity index (χ1) is 14.8. The van der Waals surface area contributed by atoms with Gasteiger partial charge in [-0.25, -0.2) is 17.5 Å². The van der Waals surface area contributed by atoms with E-state index in [1.165, 1.54) is 12.3 Å². The SMILES string of the molecule is CS(=O)(=O)N[C@H]1CCCN(C(=O)C2CC2)[C@H]1COC1CCC(c2cccc(F)c2)CC1. The molecule has 0 spiro atoms. The van der Waals surface area contributed by atoms with Crippen LogP contribution in [0.1, 0.15) is 62.8 Å². The fourth-order valence-corrected chi connectivity index (χ4v) is 5.90. The van der Waals surface area contributed by atoms with Crippen molar-refractivity contribution in [3.8, 4) is 0 Å². The quantitative estimate of drug-likeness (QED) is 0.689. The predicted molar refractivity (Wildman–Crippen MR) is 117 cm³/mol. The molecule has 31 heavy (non-hydrogen) atoms. The fraction of sp³-hybridized carbons (Fsp3) is 0.696. The van der Waals surface area contributed by atoms with Crippen LogP contribution in [0.2, 0.25) is 0 Å². The molecule has 4 rings (SSSR count). The summed E-state index contributed by atoms with van der Waals surface area (Å²) in [5, 5.41) is 0. The number of piperidine rings is 1. The van der Waals surface area contributed by atoms with Gasteiger partial charge in [0.2, 0.25) is 15.9 Å². The van der Waals surface area contributed by atoms with Gasteiger partial charge in [-0.1, -0.05) is 12.1 Å². The Morgan fingerprint density at radius 3 is 2.55 bits per heavy atom. The van der Waals surface area contributed by atoms with Gasteiger partial charge in [-0.3, -0.25) is 4.79 Å². The van der Waals surface area contributed by atoms with Gasteiger partial charge < -0.3 is 9.64 Å². The van der Waals surface area contributed by atoms with Gasteiger partial charge in [-0.2, -0.15) is 0 Å². The third kappa shape index (κ3) is 6.05. The van der Waals surface area contributed by atoms with E-state index in [0.717, 1.165) is 50.5 Å². The first kappa shape index (κ1) is 22.7. The molecule has 1 saturated heterocycles. The van der Waals surface area contributed by atoms with E-state index >= 15 is 0 Å². The summed E-state index contributed by atoms with van der Waals surface area (Å²) in [5.41, 5.74) is 1.05. The lowest BCUT2D eigenvalue weighted by Gasteiger charge is -2.42. The first-order valence-electron chi connectivity index (χ1n) is 11.4. The molecule has 0 radical (unpaired) electrons. The number of nitrogens with one attached hydrogen (secondary N) is 1. The average Bonchev–Trinajstić information content (AvgIpc) is 3.57. The molecule has 1 aliphatic heterocycles. The molecule has 6 nitrogen and oxygen atoms in total. The van der Waals surface area contributed by atoms with E-state index in [-0.39, 0.29) is 35.8 Å². The van der Waals surface area contributed by atoms with Crippen LogP contribution in [-0.2, 0) is 19.6 Å². The zero-order valence-electron chi connectivity index (χ0n) is 18.1. The lowest BCUT2D eigenvalue weighted by molar-refractivity contribution is -0.139. The van der Waals surface area contributed by atoms with Gasteiger partial charge in [-0.05, 0) is 75.0 Å². The van der Waals surface area contributed by atoms with Crippen molar-refractivity contribution in [2.45, 2.75) is 75.5 Å². The van der Waals surface area contributed by atoms with Crippen LogP contribution in [0.25, 0.3) is 0 Å². The summed E-state index contributed by atoms with van der Waals surface area (Å²) in [5.74, 6) is 0.389. The van der Waals surface area contributed by atoms with Crippen LogP contribution in [0, 0.1) is 11.7 Å². The number of sulfonamides is 1. The molecular weight excluding hydrogens is 419 g/mol. The van der Waals surface area contributed by atoms with Crippen molar-refractivity contribution in [2.75, 3.05) is 19.4 Å². The first-order valence-corrected chi connectivity index (χ1v) is 13.3. The summed E-state index contributed by atoms with van der Waals surface area (Å²) >= 11 is 0. The molecule has 2 aliphatic carbocycles. The maximum Gasteiger partial charge on any atom is 0.226 e. The third-order valence-corrected chi connectivity index (χ3v) is 7.58. The third-order valence-electron chi connectivity index (χ3n) is 6.85. The minimum atomic E-state index is -3.37. The predicted octanol–water partition coefficient (Wildman–Crippen LogP) is 3.19. The van der Waals surface area contributed by atoms with E-state index < -0.39 is 10.0 Å². The lowest BCUT2D eigenvalue weighted by atomic mass is 9.82. The number of carbonyl (C=O) groups excluding carboxylic acids is 1. The minimum absolute atomic E-state index is 0.0866. The summed E-state index contributed by atoms with van der Waals surface area (Å²) in [6.45, 7) is 1.01. The molecule has 3 aliphatic rings. The second-order valence-electron chi connectivity index (χ2n) is 9.37. The maximum absolute atomic E-state index is 13.5. The van der Waals surface area contributed by atoms with Gasteiger partial charge >= 0.3 is 0 Å². The maximum atomic E-state index is 13.5. The molecule has 0 aromatic heterocycles.